The molecule has 1 fully saturated rings. The van der Waals surface area contributed by atoms with Gasteiger partial charge >= 0.3 is 0 Å². The van der Waals surface area contributed by atoms with Crippen LogP contribution in [0, 0.1) is 17.7 Å². The Morgan fingerprint density at radius 1 is 1.33 bits per heavy atom. The third kappa shape index (κ3) is 4.16. The lowest BCUT2D eigenvalue weighted by molar-refractivity contribution is 0.278. The molecule has 0 heterocycles. The van der Waals surface area contributed by atoms with Gasteiger partial charge < -0.3 is 11.1 Å². The van der Waals surface area contributed by atoms with Gasteiger partial charge in [0, 0.05) is 12.1 Å². The minimum Gasteiger partial charge on any atom is -0.389 e. The van der Waals surface area contributed by atoms with Crippen LogP contribution in [0.1, 0.15) is 44.6 Å². The fourth-order valence-electron chi connectivity index (χ4n) is 2.97. The highest BCUT2D eigenvalue weighted by atomic mass is 79.9. The van der Waals surface area contributed by atoms with Gasteiger partial charge in [0.15, 0.2) is 5.82 Å². The van der Waals surface area contributed by atoms with Crippen LogP contribution in [-0.4, -0.2) is 11.5 Å². The van der Waals surface area contributed by atoms with Gasteiger partial charge in [-0.3, -0.25) is 0 Å². The zero-order valence-corrected chi connectivity index (χ0v) is 14.7. The molecule has 1 aliphatic rings. The summed E-state index contributed by atoms with van der Waals surface area (Å²) < 4.78 is 14.6. The second kappa shape index (κ2) is 7.54. The molecule has 3 N–H and O–H groups in total. The first-order valence-corrected chi connectivity index (χ1v) is 8.74. The maximum absolute atomic E-state index is 14.3. The third-order valence-electron chi connectivity index (χ3n) is 4.47. The molecule has 116 valence electrons. The van der Waals surface area contributed by atoms with Gasteiger partial charge in [0.2, 0.25) is 0 Å². The van der Waals surface area contributed by atoms with Crippen LogP contribution >= 0.6 is 28.1 Å². The summed E-state index contributed by atoms with van der Waals surface area (Å²) in [7, 11) is 0. The molecule has 1 saturated carbocycles. The van der Waals surface area contributed by atoms with Crippen LogP contribution in [0.4, 0.5) is 10.1 Å². The molecule has 0 saturated heterocycles. The molecule has 1 aromatic rings. The molecular formula is C16H22BrFN2S. The largest absolute Gasteiger partial charge is 0.389 e. The Morgan fingerprint density at radius 3 is 2.52 bits per heavy atom. The summed E-state index contributed by atoms with van der Waals surface area (Å²) in [4.78, 5) is 0.199. The number of nitrogens with one attached hydrogen (secondary N) is 1. The molecule has 0 unspecified atom stereocenters. The smallest absolute Gasteiger partial charge is 0.161 e. The van der Waals surface area contributed by atoms with E-state index in [9.17, 15) is 4.39 Å². The number of nitrogens with two attached hydrogens (primary N) is 1. The van der Waals surface area contributed by atoms with Crippen LogP contribution in [-0.2, 0) is 0 Å². The first-order valence-electron chi connectivity index (χ1n) is 7.54. The van der Waals surface area contributed by atoms with E-state index in [2.05, 4.69) is 28.2 Å². The van der Waals surface area contributed by atoms with E-state index in [-0.39, 0.29) is 10.8 Å². The maximum atomic E-state index is 14.3. The van der Waals surface area contributed by atoms with Crippen molar-refractivity contribution in [2.24, 2.45) is 17.6 Å². The van der Waals surface area contributed by atoms with Crippen LogP contribution in [0.2, 0.25) is 0 Å². The molecule has 1 aliphatic carbocycles. The molecule has 0 aromatic heterocycles. The number of halogens is 2. The normalized spacial score (nSPS) is 22.0. The topological polar surface area (TPSA) is 38.0 Å². The summed E-state index contributed by atoms with van der Waals surface area (Å²) >= 11 is 8.14. The molecule has 2 rings (SSSR count). The highest BCUT2D eigenvalue weighted by molar-refractivity contribution is 9.10. The maximum Gasteiger partial charge on any atom is 0.161 e. The monoisotopic (exact) mass is 372 g/mol. The van der Waals surface area contributed by atoms with E-state index in [0.29, 0.717) is 21.6 Å². The van der Waals surface area contributed by atoms with Crippen molar-refractivity contribution in [3.8, 4) is 0 Å². The Morgan fingerprint density at radius 2 is 1.95 bits per heavy atom. The minimum absolute atomic E-state index is 0.199. The minimum atomic E-state index is -0.317. The van der Waals surface area contributed by atoms with Crippen LogP contribution in [0.15, 0.2) is 16.6 Å². The second-order valence-electron chi connectivity index (χ2n) is 5.83. The molecule has 0 atom stereocenters. The second-order valence-corrected chi connectivity index (χ2v) is 7.06. The van der Waals surface area contributed by atoms with Crippen LogP contribution in [0.25, 0.3) is 0 Å². The van der Waals surface area contributed by atoms with Gasteiger partial charge in [0.05, 0.1) is 10.2 Å². The summed E-state index contributed by atoms with van der Waals surface area (Å²) in [6, 6.07) is 3.47. The van der Waals surface area contributed by atoms with E-state index in [1.807, 2.05) is 0 Å². The Labute approximate surface area is 139 Å². The lowest BCUT2D eigenvalue weighted by Crippen LogP contribution is -2.21. The first kappa shape index (κ1) is 16.7. The summed E-state index contributed by atoms with van der Waals surface area (Å²) in [6.07, 6.45) is 6.35. The van der Waals surface area contributed by atoms with E-state index in [0.717, 1.165) is 12.5 Å². The molecule has 0 aliphatic heterocycles. The van der Waals surface area contributed by atoms with Crippen molar-refractivity contribution in [2.75, 3.05) is 11.9 Å². The van der Waals surface area contributed by atoms with Crippen molar-refractivity contribution in [2.45, 2.75) is 39.0 Å². The highest BCUT2D eigenvalue weighted by Crippen LogP contribution is 2.32. The van der Waals surface area contributed by atoms with Gasteiger partial charge in [0.1, 0.15) is 4.99 Å². The van der Waals surface area contributed by atoms with Gasteiger partial charge in [-0.05, 0) is 52.7 Å². The molecule has 0 radical (unpaired) electrons. The van der Waals surface area contributed by atoms with Crippen molar-refractivity contribution in [1.29, 1.82) is 0 Å². The first-order chi connectivity index (χ1) is 10.0. The molecule has 0 amide bonds. The third-order valence-corrected chi connectivity index (χ3v) is 5.47. The SMILES string of the molecule is CCC1CCC(CNc2ccc(C(N)=S)c(Br)c2F)CC1. The quantitative estimate of drug-likeness (QED) is 0.725. The summed E-state index contributed by atoms with van der Waals surface area (Å²) in [5, 5.41) is 3.23. The molecule has 21 heavy (non-hydrogen) atoms. The fourth-order valence-corrected chi connectivity index (χ4v) is 3.84. The lowest BCUT2D eigenvalue weighted by atomic mass is 9.81. The van der Waals surface area contributed by atoms with E-state index in [1.54, 1.807) is 12.1 Å². The van der Waals surface area contributed by atoms with Crippen LogP contribution in [0.5, 0.6) is 0 Å². The van der Waals surface area contributed by atoms with E-state index >= 15 is 0 Å². The number of anilines is 1. The zero-order valence-electron chi connectivity index (χ0n) is 12.3. The number of rotatable bonds is 5. The van der Waals surface area contributed by atoms with Crippen LogP contribution < -0.4 is 11.1 Å². The molecule has 5 heteroatoms. The Kier molecular flexibility index (Phi) is 5.99. The van der Waals surface area contributed by atoms with Crippen molar-refractivity contribution < 1.29 is 4.39 Å². The van der Waals surface area contributed by atoms with Crippen molar-refractivity contribution in [3.63, 3.8) is 0 Å². The number of hydrogen-bond acceptors (Lipinski definition) is 2. The Balaban J connectivity index is 1.95. The van der Waals surface area contributed by atoms with Crippen LogP contribution in [0.3, 0.4) is 0 Å². The lowest BCUT2D eigenvalue weighted by Gasteiger charge is -2.28. The summed E-state index contributed by atoms with van der Waals surface area (Å²) in [5.74, 6) is 1.21. The van der Waals surface area contributed by atoms with Gasteiger partial charge in [-0.15, -0.1) is 0 Å². The predicted octanol–water partition coefficient (Wildman–Crippen LogP) is 4.85. The van der Waals surface area contributed by atoms with E-state index < -0.39 is 0 Å². The van der Waals surface area contributed by atoms with Gasteiger partial charge in [-0.2, -0.15) is 0 Å². The van der Waals surface area contributed by atoms with Gasteiger partial charge in [-0.25, -0.2) is 4.39 Å². The van der Waals surface area contributed by atoms with Crippen molar-refractivity contribution >= 4 is 38.8 Å². The number of thiocarbonyl (C=S) groups is 1. The predicted molar refractivity (Wildman–Crippen MR) is 94.2 cm³/mol. The van der Waals surface area contributed by atoms with Gasteiger partial charge in [-0.1, -0.05) is 38.4 Å². The molecule has 0 spiro atoms. The van der Waals surface area contributed by atoms with Gasteiger partial charge in [0.25, 0.3) is 0 Å². The average molecular weight is 373 g/mol. The van der Waals surface area contributed by atoms with Crippen molar-refractivity contribution in [3.05, 3.63) is 28.0 Å². The summed E-state index contributed by atoms with van der Waals surface area (Å²) in [5.41, 5.74) is 6.62. The number of hydrogen-bond donors (Lipinski definition) is 2. The number of benzene rings is 1. The molecular weight excluding hydrogens is 351 g/mol. The van der Waals surface area contributed by atoms with Crippen molar-refractivity contribution in [1.82, 2.24) is 0 Å². The molecule has 2 nitrogen and oxygen atoms in total. The van der Waals surface area contributed by atoms with E-state index in [4.69, 9.17) is 18.0 Å². The van der Waals surface area contributed by atoms with E-state index in [1.165, 1.54) is 32.1 Å². The average Bonchev–Trinajstić information content (AvgIpc) is 2.49. The Bertz CT molecular complexity index is 513. The Hall–Kier alpha value is -0.680. The zero-order chi connectivity index (χ0) is 15.4. The molecule has 1 aromatic carbocycles. The fraction of sp³-hybridized carbons (Fsp3) is 0.562. The standard InChI is InChI=1S/C16H22BrFN2S/c1-2-10-3-5-11(6-4-10)9-20-13-8-7-12(16(19)21)14(17)15(13)18/h7-8,10-11,20H,2-6,9H2,1H3,(H2,19,21). The molecule has 0 bridgehead atoms. The highest BCUT2D eigenvalue weighted by Gasteiger charge is 2.20. The summed E-state index contributed by atoms with van der Waals surface area (Å²) in [6.45, 7) is 3.09.